The van der Waals surface area contributed by atoms with E-state index in [0.717, 1.165) is 34.0 Å². The van der Waals surface area contributed by atoms with E-state index in [9.17, 15) is 0 Å². The average Bonchev–Trinajstić information content (AvgIpc) is 3.50. The number of rotatable bonds is 5. The summed E-state index contributed by atoms with van der Waals surface area (Å²) < 4.78 is 20.5. The number of benzene rings is 1. The van der Waals surface area contributed by atoms with Gasteiger partial charge in [-0.05, 0) is 31.5 Å². The van der Waals surface area contributed by atoms with Crippen LogP contribution >= 0.6 is 0 Å². The third kappa shape index (κ3) is 2.96. The second kappa shape index (κ2) is 7.05. The van der Waals surface area contributed by atoms with E-state index >= 15 is 0 Å². The van der Waals surface area contributed by atoms with Gasteiger partial charge in [0.1, 0.15) is 23.4 Å². The fraction of sp³-hybridized carbons (Fsp3) is 0.364. The number of hydrogen-bond acceptors (Lipinski definition) is 7. The molecule has 0 radical (unpaired) electrons. The molecule has 0 saturated carbocycles. The summed E-state index contributed by atoms with van der Waals surface area (Å²) in [5, 5.41) is 8.93. The molecule has 0 N–H and O–H groups in total. The van der Waals surface area contributed by atoms with Crippen molar-refractivity contribution in [1.29, 1.82) is 0 Å². The molecule has 0 fully saturated rings. The normalized spacial score (nSPS) is 14.4. The van der Waals surface area contributed by atoms with Gasteiger partial charge in [-0.25, -0.2) is 4.98 Å². The van der Waals surface area contributed by atoms with Crippen LogP contribution in [0.2, 0.25) is 0 Å². The highest BCUT2D eigenvalue weighted by atomic mass is 16.5. The summed E-state index contributed by atoms with van der Waals surface area (Å²) in [5.74, 6) is 1.67. The maximum atomic E-state index is 5.61. The molecule has 9 heteroatoms. The molecule has 0 spiro atoms. The lowest BCUT2D eigenvalue weighted by Crippen LogP contribution is -2.23. The lowest BCUT2D eigenvalue weighted by atomic mass is 10.0. The Balaban J connectivity index is 1.68. The molecule has 0 saturated heterocycles. The maximum Gasteiger partial charge on any atom is 0.258 e. The number of ether oxygens (including phenoxy) is 2. The van der Waals surface area contributed by atoms with Crippen LogP contribution in [0.25, 0.3) is 28.5 Å². The predicted molar refractivity (Wildman–Crippen MR) is 113 cm³/mol. The van der Waals surface area contributed by atoms with Crippen LogP contribution in [-0.2, 0) is 23.8 Å². The molecule has 4 aromatic rings. The van der Waals surface area contributed by atoms with E-state index in [2.05, 4.69) is 19.7 Å². The molecule has 1 aromatic carbocycles. The molecule has 3 aromatic heterocycles. The summed E-state index contributed by atoms with van der Waals surface area (Å²) in [6.45, 7) is 3.95. The Morgan fingerprint density at radius 1 is 1.23 bits per heavy atom. The molecule has 1 unspecified atom stereocenters. The van der Waals surface area contributed by atoms with E-state index in [4.69, 9.17) is 19.1 Å². The molecule has 9 nitrogen and oxygen atoms in total. The topological polar surface area (TPSA) is 93.0 Å². The van der Waals surface area contributed by atoms with Crippen LogP contribution in [0, 0.1) is 0 Å². The summed E-state index contributed by atoms with van der Waals surface area (Å²) in [5.41, 5.74) is 5.01. The van der Waals surface area contributed by atoms with Crippen molar-refractivity contribution in [3.05, 3.63) is 47.9 Å². The Hall–Kier alpha value is -3.46. The Morgan fingerprint density at radius 3 is 2.81 bits per heavy atom. The van der Waals surface area contributed by atoms with E-state index in [0.29, 0.717) is 30.3 Å². The first-order valence-corrected chi connectivity index (χ1v) is 10.1. The molecule has 160 valence electrons. The zero-order valence-electron chi connectivity index (χ0n) is 18.2. The second-order valence-corrected chi connectivity index (χ2v) is 7.86. The third-order valence-corrected chi connectivity index (χ3v) is 6.06. The van der Waals surface area contributed by atoms with Gasteiger partial charge in [0.25, 0.3) is 5.89 Å². The highest BCUT2D eigenvalue weighted by Crippen LogP contribution is 2.39. The molecule has 1 aliphatic rings. The molecular weight excluding hydrogens is 396 g/mol. The molecule has 31 heavy (non-hydrogen) atoms. The standard InChI is InChI=1S/C22H24N6O3/c1-6-22(2,30-5)21-24-20(26-31-21)19-17-9-13-11-27(3)25-18(13)15-10-14(29-4)7-8-16(15)28(17)12-23-19/h7-8,10-12H,6,9H2,1-5H3. The zero-order valence-corrected chi connectivity index (χ0v) is 18.2. The first-order valence-electron chi connectivity index (χ1n) is 10.1. The van der Waals surface area contributed by atoms with Gasteiger partial charge in [-0.3, -0.25) is 4.68 Å². The molecule has 4 heterocycles. The number of hydrogen-bond donors (Lipinski definition) is 0. The number of nitrogens with zero attached hydrogens (tertiary/aromatic N) is 6. The highest BCUT2D eigenvalue weighted by molar-refractivity contribution is 5.77. The average molecular weight is 420 g/mol. The van der Waals surface area contributed by atoms with Crippen LogP contribution < -0.4 is 4.74 Å². The van der Waals surface area contributed by atoms with Crippen molar-refractivity contribution in [3.8, 4) is 34.2 Å². The zero-order chi connectivity index (χ0) is 21.8. The van der Waals surface area contributed by atoms with Crippen molar-refractivity contribution in [1.82, 2.24) is 29.5 Å². The number of fused-ring (bicyclic) bond motifs is 5. The lowest BCUT2D eigenvalue weighted by Gasteiger charge is -2.21. The Labute approximate surface area is 179 Å². The van der Waals surface area contributed by atoms with E-state index in [1.54, 1.807) is 20.5 Å². The Bertz CT molecular complexity index is 1260. The third-order valence-electron chi connectivity index (χ3n) is 6.06. The van der Waals surface area contributed by atoms with Crippen LogP contribution in [-0.4, -0.2) is 43.7 Å². The largest absolute Gasteiger partial charge is 0.497 e. The van der Waals surface area contributed by atoms with Crippen molar-refractivity contribution in [2.24, 2.45) is 7.05 Å². The van der Waals surface area contributed by atoms with Gasteiger partial charge >= 0.3 is 0 Å². The van der Waals surface area contributed by atoms with Gasteiger partial charge in [-0.2, -0.15) is 10.1 Å². The fourth-order valence-electron chi connectivity index (χ4n) is 3.97. The molecule has 5 rings (SSSR count). The van der Waals surface area contributed by atoms with Crippen molar-refractivity contribution in [3.63, 3.8) is 0 Å². The SMILES string of the molecule is CCC(C)(OC)c1nc(-c2ncn3c2Cc2cn(C)nc2-c2cc(OC)ccc2-3)no1. The van der Waals surface area contributed by atoms with Gasteiger partial charge in [0.15, 0.2) is 0 Å². The fourth-order valence-corrected chi connectivity index (χ4v) is 3.97. The van der Waals surface area contributed by atoms with Crippen LogP contribution in [0.15, 0.2) is 35.2 Å². The summed E-state index contributed by atoms with van der Waals surface area (Å²) in [7, 11) is 5.23. The molecule has 0 aliphatic carbocycles. The first-order chi connectivity index (χ1) is 15.0. The van der Waals surface area contributed by atoms with Gasteiger partial charge in [0.05, 0.1) is 24.2 Å². The van der Waals surface area contributed by atoms with E-state index < -0.39 is 5.60 Å². The van der Waals surface area contributed by atoms with Gasteiger partial charge in [0, 0.05) is 37.9 Å². The van der Waals surface area contributed by atoms with E-state index in [1.165, 1.54) is 0 Å². The predicted octanol–water partition coefficient (Wildman–Crippen LogP) is 3.51. The van der Waals surface area contributed by atoms with Crippen LogP contribution in [0.4, 0.5) is 0 Å². The molecule has 0 amide bonds. The minimum Gasteiger partial charge on any atom is -0.497 e. The molecule has 0 bridgehead atoms. The van der Waals surface area contributed by atoms with Crippen LogP contribution in [0.1, 0.15) is 37.4 Å². The van der Waals surface area contributed by atoms with Gasteiger partial charge in [-0.1, -0.05) is 12.1 Å². The lowest BCUT2D eigenvalue weighted by molar-refractivity contribution is -0.0272. The van der Waals surface area contributed by atoms with Gasteiger partial charge in [-0.15, -0.1) is 0 Å². The van der Waals surface area contributed by atoms with Gasteiger partial charge in [0.2, 0.25) is 5.82 Å². The maximum absolute atomic E-state index is 5.61. The number of aromatic nitrogens is 6. The number of imidazole rings is 1. The Kier molecular flexibility index (Phi) is 4.44. The van der Waals surface area contributed by atoms with E-state index in [1.807, 2.05) is 50.0 Å². The summed E-state index contributed by atoms with van der Waals surface area (Å²) >= 11 is 0. The van der Waals surface area contributed by atoms with Crippen molar-refractivity contribution in [2.75, 3.05) is 14.2 Å². The summed E-state index contributed by atoms with van der Waals surface area (Å²) in [6.07, 6.45) is 5.17. The number of methoxy groups -OCH3 is 2. The quantitative estimate of drug-likeness (QED) is 0.429. The molecule has 1 atom stereocenters. The van der Waals surface area contributed by atoms with Crippen molar-refractivity contribution >= 4 is 0 Å². The van der Waals surface area contributed by atoms with Crippen LogP contribution in [0.3, 0.4) is 0 Å². The number of aryl methyl sites for hydroxylation is 1. The van der Waals surface area contributed by atoms with Crippen LogP contribution in [0.5, 0.6) is 5.75 Å². The molecule has 1 aliphatic heterocycles. The monoisotopic (exact) mass is 420 g/mol. The van der Waals surface area contributed by atoms with E-state index in [-0.39, 0.29) is 0 Å². The summed E-state index contributed by atoms with van der Waals surface area (Å²) in [6, 6.07) is 5.97. The minimum absolute atomic E-state index is 0.440. The highest BCUT2D eigenvalue weighted by Gasteiger charge is 2.33. The smallest absolute Gasteiger partial charge is 0.258 e. The minimum atomic E-state index is -0.637. The second-order valence-electron chi connectivity index (χ2n) is 7.86. The summed E-state index contributed by atoms with van der Waals surface area (Å²) in [4.78, 5) is 9.29. The molecular formula is C22H24N6O3. The van der Waals surface area contributed by atoms with Crippen molar-refractivity contribution < 1.29 is 14.0 Å². The van der Waals surface area contributed by atoms with Gasteiger partial charge < -0.3 is 18.6 Å². The van der Waals surface area contributed by atoms with Crippen molar-refractivity contribution in [2.45, 2.75) is 32.3 Å². The Morgan fingerprint density at radius 2 is 2.06 bits per heavy atom. The first kappa shape index (κ1) is 19.5.